The van der Waals surface area contributed by atoms with Crippen LogP contribution >= 0.6 is 0 Å². The van der Waals surface area contributed by atoms with Crippen LogP contribution in [0, 0.1) is 10.1 Å². The van der Waals surface area contributed by atoms with E-state index in [1.54, 1.807) is 0 Å². The molecule has 21 heavy (non-hydrogen) atoms. The molecular weight excluding hydrogens is 274 g/mol. The quantitative estimate of drug-likeness (QED) is 0.534. The molecular formula is C13H15N5O3. The minimum Gasteiger partial charge on any atom is -0.391 e. The molecule has 4 N–H and O–H groups in total. The van der Waals surface area contributed by atoms with Crippen LogP contribution in [0.15, 0.2) is 36.5 Å². The first-order valence-corrected chi connectivity index (χ1v) is 6.29. The third kappa shape index (κ3) is 4.11. The molecule has 1 unspecified atom stereocenters. The van der Waals surface area contributed by atoms with Gasteiger partial charge in [-0.25, -0.2) is 4.98 Å². The van der Waals surface area contributed by atoms with E-state index in [0.717, 1.165) is 11.8 Å². The van der Waals surface area contributed by atoms with Crippen molar-refractivity contribution in [2.75, 3.05) is 17.6 Å². The van der Waals surface area contributed by atoms with Crippen molar-refractivity contribution in [2.24, 2.45) is 0 Å². The number of aliphatic hydroxyl groups excluding tert-OH is 1. The maximum atomic E-state index is 10.6. The van der Waals surface area contributed by atoms with Gasteiger partial charge >= 0.3 is 5.69 Å². The molecule has 0 aliphatic heterocycles. The average Bonchev–Trinajstić information content (AvgIpc) is 2.46. The van der Waals surface area contributed by atoms with Gasteiger partial charge in [0.25, 0.3) is 0 Å². The number of aliphatic hydroxyl groups is 1. The topological polar surface area (TPSA) is 127 Å². The van der Waals surface area contributed by atoms with Crippen LogP contribution in [0.25, 0.3) is 0 Å². The van der Waals surface area contributed by atoms with E-state index >= 15 is 0 Å². The molecule has 0 spiro atoms. The lowest BCUT2D eigenvalue weighted by Crippen LogP contribution is -2.23. The van der Waals surface area contributed by atoms with E-state index in [2.05, 4.69) is 15.3 Å². The van der Waals surface area contributed by atoms with E-state index < -0.39 is 11.0 Å². The fourth-order valence-corrected chi connectivity index (χ4v) is 1.78. The summed E-state index contributed by atoms with van der Waals surface area (Å²) in [5.74, 6) is -0.0692. The average molecular weight is 289 g/mol. The van der Waals surface area contributed by atoms with Gasteiger partial charge in [-0.2, -0.15) is 4.98 Å². The molecule has 0 saturated heterocycles. The molecule has 2 rings (SSSR count). The number of nitrogen functional groups attached to an aromatic ring is 1. The second kappa shape index (κ2) is 6.62. The number of rotatable bonds is 6. The molecule has 8 nitrogen and oxygen atoms in total. The SMILES string of the molecule is Nc1nc(NCC(O)Cc2ccccc2)ncc1[N+](=O)[O-]. The summed E-state index contributed by atoms with van der Waals surface area (Å²) in [5.41, 5.74) is 6.12. The van der Waals surface area contributed by atoms with Crippen molar-refractivity contribution < 1.29 is 10.0 Å². The predicted octanol–water partition coefficient (Wildman–Crippen LogP) is 0.982. The van der Waals surface area contributed by atoms with Gasteiger partial charge in [0.2, 0.25) is 11.8 Å². The molecule has 0 radical (unpaired) electrons. The molecule has 0 saturated carbocycles. The summed E-state index contributed by atoms with van der Waals surface area (Å²) in [6, 6.07) is 9.54. The fourth-order valence-electron chi connectivity index (χ4n) is 1.78. The highest BCUT2D eigenvalue weighted by molar-refractivity contribution is 5.53. The molecule has 2 aromatic rings. The first-order valence-electron chi connectivity index (χ1n) is 6.29. The molecule has 1 aromatic heterocycles. The van der Waals surface area contributed by atoms with Crippen molar-refractivity contribution in [3.05, 3.63) is 52.2 Å². The van der Waals surface area contributed by atoms with Crippen LogP contribution in [-0.2, 0) is 6.42 Å². The lowest BCUT2D eigenvalue weighted by atomic mass is 10.1. The van der Waals surface area contributed by atoms with Crippen molar-refractivity contribution >= 4 is 17.5 Å². The van der Waals surface area contributed by atoms with Crippen molar-refractivity contribution in [3.8, 4) is 0 Å². The van der Waals surface area contributed by atoms with E-state index in [4.69, 9.17) is 5.73 Å². The maximum Gasteiger partial charge on any atom is 0.329 e. The van der Waals surface area contributed by atoms with Gasteiger partial charge in [0, 0.05) is 13.0 Å². The third-order valence-electron chi connectivity index (χ3n) is 2.80. The summed E-state index contributed by atoms with van der Waals surface area (Å²) in [7, 11) is 0. The molecule has 0 aliphatic carbocycles. The summed E-state index contributed by atoms with van der Waals surface area (Å²) in [4.78, 5) is 17.5. The van der Waals surface area contributed by atoms with Crippen LogP contribution < -0.4 is 11.1 Å². The third-order valence-corrected chi connectivity index (χ3v) is 2.80. The van der Waals surface area contributed by atoms with Gasteiger partial charge < -0.3 is 16.2 Å². The first kappa shape index (κ1) is 14.7. The molecule has 0 bridgehead atoms. The first-order chi connectivity index (χ1) is 10.1. The number of aromatic nitrogens is 2. The summed E-state index contributed by atoms with van der Waals surface area (Å²) in [6.07, 6.45) is 0.886. The highest BCUT2D eigenvalue weighted by atomic mass is 16.6. The zero-order valence-corrected chi connectivity index (χ0v) is 11.1. The van der Waals surface area contributed by atoms with Gasteiger partial charge in [0.15, 0.2) is 0 Å². The van der Waals surface area contributed by atoms with Crippen molar-refractivity contribution in [2.45, 2.75) is 12.5 Å². The Kier molecular flexibility index (Phi) is 4.62. The smallest absolute Gasteiger partial charge is 0.329 e. The van der Waals surface area contributed by atoms with Crippen LogP contribution in [0.4, 0.5) is 17.5 Å². The van der Waals surface area contributed by atoms with Gasteiger partial charge in [-0.1, -0.05) is 30.3 Å². The highest BCUT2D eigenvalue weighted by Gasteiger charge is 2.14. The summed E-state index contributed by atoms with van der Waals surface area (Å²) < 4.78 is 0. The number of hydrogen-bond donors (Lipinski definition) is 3. The predicted molar refractivity (Wildman–Crippen MR) is 77.7 cm³/mol. The Morgan fingerprint density at radius 2 is 2.10 bits per heavy atom. The number of nitrogens with two attached hydrogens (primary N) is 1. The van der Waals surface area contributed by atoms with E-state index in [1.807, 2.05) is 30.3 Å². The van der Waals surface area contributed by atoms with Gasteiger partial charge in [0.05, 0.1) is 11.0 Å². The van der Waals surface area contributed by atoms with Crippen LogP contribution in [0.1, 0.15) is 5.56 Å². The number of nitrogens with zero attached hydrogens (tertiary/aromatic N) is 3. The normalized spacial score (nSPS) is 11.9. The Morgan fingerprint density at radius 3 is 2.71 bits per heavy atom. The Bertz CT molecular complexity index is 620. The fraction of sp³-hybridized carbons (Fsp3) is 0.231. The minimum absolute atomic E-state index is 0.144. The van der Waals surface area contributed by atoms with Crippen molar-refractivity contribution in [1.82, 2.24) is 9.97 Å². The second-order valence-corrected chi connectivity index (χ2v) is 4.45. The molecule has 0 amide bonds. The number of anilines is 2. The van der Waals surface area contributed by atoms with Crippen LogP contribution in [0.3, 0.4) is 0 Å². The van der Waals surface area contributed by atoms with E-state index in [-0.39, 0.29) is 24.0 Å². The van der Waals surface area contributed by atoms with E-state index in [1.165, 1.54) is 0 Å². The summed E-state index contributed by atoms with van der Waals surface area (Å²) >= 11 is 0. The Hall–Kier alpha value is -2.74. The Morgan fingerprint density at radius 1 is 1.38 bits per heavy atom. The zero-order chi connectivity index (χ0) is 15.2. The van der Waals surface area contributed by atoms with Crippen LogP contribution in [0.5, 0.6) is 0 Å². The number of nitrogens with one attached hydrogen (secondary N) is 1. The zero-order valence-electron chi connectivity index (χ0n) is 11.1. The minimum atomic E-state index is -0.649. The van der Waals surface area contributed by atoms with Crippen LogP contribution in [-0.4, -0.2) is 32.6 Å². The second-order valence-electron chi connectivity index (χ2n) is 4.45. The molecule has 8 heteroatoms. The van der Waals surface area contributed by atoms with Crippen LogP contribution in [0.2, 0.25) is 0 Å². The van der Waals surface area contributed by atoms with Gasteiger partial charge in [0.1, 0.15) is 6.20 Å². The maximum absolute atomic E-state index is 10.6. The summed E-state index contributed by atoms with van der Waals surface area (Å²) in [6.45, 7) is 0.214. The number of nitro groups is 1. The monoisotopic (exact) mass is 289 g/mol. The van der Waals surface area contributed by atoms with Gasteiger partial charge in [-0.15, -0.1) is 0 Å². The molecule has 1 atom stereocenters. The number of benzene rings is 1. The Balaban J connectivity index is 1.91. The molecule has 1 aromatic carbocycles. The largest absolute Gasteiger partial charge is 0.391 e. The van der Waals surface area contributed by atoms with E-state index in [0.29, 0.717) is 6.42 Å². The van der Waals surface area contributed by atoms with Crippen molar-refractivity contribution in [1.29, 1.82) is 0 Å². The lowest BCUT2D eigenvalue weighted by molar-refractivity contribution is -0.384. The van der Waals surface area contributed by atoms with Gasteiger partial charge in [-0.05, 0) is 5.56 Å². The molecule has 110 valence electrons. The lowest BCUT2D eigenvalue weighted by Gasteiger charge is -2.11. The standard InChI is InChI=1S/C13H15N5O3/c14-12-11(18(20)21)8-16-13(17-12)15-7-10(19)6-9-4-2-1-3-5-9/h1-5,8,10,19H,6-7H2,(H3,14,15,16,17). The van der Waals surface area contributed by atoms with E-state index in [9.17, 15) is 15.2 Å². The Labute approximate surface area is 120 Å². The highest BCUT2D eigenvalue weighted by Crippen LogP contribution is 2.18. The van der Waals surface area contributed by atoms with Crippen molar-refractivity contribution in [3.63, 3.8) is 0 Å². The molecule has 0 aliphatic rings. The van der Waals surface area contributed by atoms with Gasteiger partial charge in [-0.3, -0.25) is 10.1 Å². The number of hydrogen-bond acceptors (Lipinski definition) is 7. The summed E-state index contributed by atoms with van der Waals surface area (Å²) in [5, 5.41) is 23.3. The molecule has 1 heterocycles. The molecule has 0 fully saturated rings.